The normalized spacial score (nSPS) is 23.2. The Hall–Kier alpha value is -0.963. The fourth-order valence-corrected chi connectivity index (χ4v) is 3.53. The molecule has 0 aromatic carbocycles. The second kappa shape index (κ2) is 6.88. The van der Waals surface area contributed by atoms with Gasteiger partial charge in [-0.2, -0.15) is 8.78 Å². The van der Waals surface area contributed by atoms with Gasteiger partial charge in [-0.25, -0.2) is 9.78 Å². The molecule has 121 valence electrons. The molecule has 0 amide bonds. The molecule has 1 aliphatic carbocycles. The SMILES string of the molecule is C[C@H]1CCCN(Cc2cc(C(=O)O)nc3c2CCC3(F)F)C1.[Li]. The summed E-state index contributed by atoms with van der Waals surface area (Å²) in [7, 11) is 0. The number of aromatic nitrogens is 1. The summed E-state index contributed by atoms with van der Waals surface area (Å²) in [6, 6.07) is 1.47. The molecule has 2 aliphatic rings. The number of nitrogens with zero attached hydrogens (tertiary/aromatic N) is 2. The number of rotatable bonds is 3. The van der Waals surface area contributed by atoms with E-state index >= 15 is 0 Å². The molecule has 0 saturated carbocycles. The van der Waals surface area contributed by atoms with Crippen molar-refractivity contribution in [3.8, 4) is 0 Å². The third-order valence-corrected chi connectivity index (χ3v) is 4.61. The molecule has 0 spiro atoms. The molecule has 1 fully saturated rings. The van der Waals surface area contributed by atoms with E-state index in [1.54, 1.807) is 0 Å². The molecule has 1 atom stereocenters. The second-order valence-corrected chi connectivity index (χ2v) is 6.49. The largest absolute Gasteiger partial charge is 0.477 e. The van der Waals surface area contributed by atoms with Crippen molar-refractivity contribution >= 4 is 24.8 Å². The van der Waals surface area contributed by atoms with Crippen LogP contribution in [0.1, 0.15) is 53.5 Å². The Balaban J connectivity index is 0.00000192. The van der Waals surface area contributed by atoms with Crippen LogP contribution < -0.4 is 0 Å². The molecule has 1 N–H and O–H groups in total. The van der Waals surface area contributed by atoms with Crippen LogP contribution >= 0.6 is 0 Å². The Morgan fingerprint density at radius 1 is 1.52 bits per heavy atom. The molecule has 0 bridgehead atoms. The molecule has 7 heteroatoms. The summed E-state index contributed by atoms with van der Waals surface area (Å²) in [5, 5.41) is 9.14. The average Bonchev–Trinajstić information content (AvgIpc) is 2.75. The second-order valence-electron chi connectivity index (χ2n) is 6.49. The fraction of sp³-hybridized carbons (Fsp3) is 0.625. The van der Waals surface area contributed by atoms with E-state index in [1.807, 2.05) is 0 Å². The number of likely N-dealkylation sites (tertiary alicyclic amines) is 1. The molecule has 1 aromatic rings. The van der Waals surface area contributed by atoms with Gasteiger partial charge in [-0.3, -0.25) is 4.90 Å². The third kappa shape index (κ3) is 3.76. The van der Waals surface area contributed by atoms with Crippen LogP contribution in [0.4, 0.5) is 8.78 Å². The van der Waals surface area contributed by atoms with Crippen LogP contribution in [-0.4, -0.2) is 52.9 Å². The van der Waals surface area contributed by atoms with Crippen molar-refractivity contribution in [2.24, 2.45) is 5.92 Å². The summed E-state index contributed by atoms with van der Waals surface area (Å²) in [6.45, 7) is 4.57. The van der Waals surface area contributed by atoms with Crippen molar-refractivity contribution in [2.75, 3.05) is 13.1 Å². The van der Waals surface area contributed by atoms with Crippen LogP contribution in [0, 0.1) is 5.92 Å². The van der Waals surface area contributed by atoms with Gasteiger partial charge in [-0.05, 0) is 48.9 Å². The van der Waals surface area contributed by atoms with Gasteiger partial charge >= 0.3 is 5.97 Å². The Labute approximate surface area is 146 Å². The monoisotopic (exact) mass is 317 g/mol. The summed E-state index contributed by atoms with van der Waals surface area (Å²) >= 11 is 0. The molecule has 1 radical (unpaired) electrons. The Bertz CT molecular complexity index is 610. The standard InChI is InChI=1S/C16H20F2N2O2.Li/c1-10-3-2-6-20(8-10)9-11-7-13(15(21)22)19-14-12(11)4-5-16(14,17)18;/h7,10H,2-6,8-9H2,1H3,(H,21,22);/t10-;/m0./s1. The smallest absolute Gasteiger partial charge is 0.354 e. The number of hydrogen-bond acceptors (Lipinski definition) is 3. The molecule has 23 heavy (non-hydrogen) atoms. The molecular formula is C16H20F2LiN2O2. The first-order valence-electron chi connectivity index (χ1n) is 7.73. The van der Waals surface area contributed by atoms with Gasteiger partial charge in [0.25, 0.3) is 5.92 Å². The van der Waals surface area contributed by atoms with Gasteiger partial charge in [0, 0.05) is 38.4 Å². The number of halogens is 2. The maximum absolute atomic E-state index is 13.9. The van der Waals surface area contributed by atoms with Crippen LogP contribution in [0.2, 0.25) is 0 Å². The van der Waals surface area contributed by atoms with E-state index in [0.717, 1.165) is 19.5 Å². The first kappa shape index (κ1) is 18.4. The maximum atomic E-state index is 13.9. The zero-order valence-corrected chi connectivity index (χ0v) is 13.6. The van der Waals surface area contributed by atoms with Crippen LogP contribution in [-0.2, 0) is 18.9 Å². The molecule has 1 aromatic heterocycles. The van der Waals surface area contributed by atoms with E-state index in [4.69, 9.17) is 5.11 Å². The molecule has 1 aliphatic heterocycles. The number of carboxylic acid groups (broad SMARTS) is 1. The van der Waals surface area contributed by atoms with Crippen LogP contribution in [0.25, 0.3) is 0 Å². The number of carbonyl (C=O) groups is 1. The van der Waals surface area contributed by atoms with Crippen molar-refractivity contribution < 1.29 is 18.7 Å². The number of aromatic carboxylic acids is 1. The van der Waals surface area contributed by atoms with Gasteiger partial charge in [-0.1, -0.05) is 6.92 Å². The van der Waals surface area contributed by atoms with E-state index in [2.05, 4.69) is 16.8 Å². The first-order valence-corrected chi connectivity index (χ1v) is 7.73. The number of alkyl halides is 2. The van der Waals surface area contributed by atoms with Gasteiger partial charge in [0.15, 0.2) is 0 Å². The molecular weight excluding hydrogens is 297 g/mol. The maximum Gasteiger partial charge on any atom is 0.354 e. The zero-order chi connectivity index (χ0) is 15.9. The molecule has 4 nitrogen and oxygen atoms in total. The summed E-state index contributed by atoms with van der Waals surface area (Å²) in [6.07, 6.45) is 2.27. The number of fused-ring (bicyclic) bond motifs is 1. The topological polar surface area (TPSA) is 53.4 Å². The van der Waals surface area contributed by atoms with Crippen LogP contribution in [0.3, 0.4) is 0 Å². The molecule has 0 unspecified atom stereocenters. The number of piperidine rings is 1. The third-order valence-electron chi connectivity index (χ3n) is 4.61. The predicted molar refractivity (Wildman–Crippen MR) is 82.8 cm³/mol. The van der Waals surface area contributed by atoms with Crippen molar-refractivity contribution in [3.05, 3.63) is 28.6 Å². The van der Waals surface area contributed by atoms with Crippen LogP contribution in [0.5, 0.6) is 0 Å². The summed E-state index contributed by atoms with van der Waals surface area (Å²) < 4.78 is 27.9. The average molecular weight is 317 g/mol. The Morgan fingerprint density at radius 3 is 2.91 bits per heavy atom. The Morgan fingerprint density at radius 2 is 2.26 bits per heavy atom. The number of hydrogen-bond donors (Lipinski definition) is 1. The van der Waals surface area contributed by atoms with Crippen molar-refractivity contribution in [3.63, 3.8) is 0 Å². The van der Waals surface area contributed by atoms with Gasteiger partial charge in [0.2, 0.25) is 0 Å². The van der Waals surface area contributed by atoms with Crippen molar-refractivity contribution in [1.29, 1.82) is 0 Å². The van der Waals surface area contributed by atoms with Crippen molar-refractivity contribution in [2.45, 2.75) is 45.1 Å². The van der Waals surface area contributed by atoms with E-state index in [0.29, 0.717) is 23.6 Å². The van der Waals surface area contributed by atoms with E-state index in [-0.39, 0.29) is 43.1 Å². The summed E-state index contributed by atoms with van der Waals surface area (Å²) in [5.74, 6) is -3.67. The first-order chi connectivity index (χ1) is 10.4. The molecule has 3 rings (SSSR count). The zero-order valence-electron chi connectivity index (χ0n) is 13.6. The number of carboxylic acids is 1. The number of pyridine rings is 1. The fourth-order valence-electron chi connectivity index (χ4n) is 3.53. The minimum absolute atomic E-state index is 0. The van der Waals surface area contributed by atoms with Gasteiger partial charge in [0.1, 0.15) is 11.4 Å². The van der Waals surface area contributed by atoms with Gasteiger partial charge in [-0.15, -0.1) is 0 Å². The van der Waals surface area contributed by atoms with Gasteiger partial charge in [0.05, 0.1) is 0 Å². The quantitative estimate of drug-likeness (QED) is 0.871. The molecule has 2 heterocycles. The van der Waals surface area contributed by atoms with E-state index in [9.17, 15) is 13.6 Å². The van der Waals surface area contributed by atoms with E-state index < -0.39 is 11.9 Å². The minimum atomic E-state index is -3.01. The van der Waals surface area contributed by atoms with Gasteiger partial charge < -0.3 is 5.11 Å². The summed E-state index contributed by atoms with van der Waals surface area (Å²) in [4.78, 5) is 17.1. The van der Waals surface area contributed by atoms with Crippen LogP contribution in [0.15, 0.2) is 6.07 Å². The van der Waals surface area contributed by atoms with E-state index in [1.165, 1.54) is 12.5 Å². The Kier molecular flexibility index (Phi) is 5.50. The predicted octanol–water partition coefficient (Wildman–Crippen LogP) is 2.67. The molecule has 1 saturated heterocycles. The summed E-state index contributed by atoms with van der Waals surface area (Å²) in [5.41, 5.74) is 0.648. The minimum Gasteiger partial charge on any atom is -0.477 e. The van der Waals surface area contributed by atoms with Crippen molar-refractivity contribution in [1.82, 2.24) is 9.88 Å².